The Hall–Kier alpha value is -1.53. The number of halogens is 1. The molecule has 6 heteroatoms. The molecule has 2 heterocycles. The fourth-order valence-electron chi connectivity index (χ4n) is 2.86. The Morgan fingerprint density at radius 2 is 2.09 bits per heavy atom. The summed E-state index contributed by atoms with van der Waals surface area (Å²) in [6.45, 7) is 4.03. The van der Waals surface area contributed by atoms with E-state index in [4.69, 9.17) is 10.5 Å². The maximum atomic E-state index is 6.03. The molecule has 0 unspecified atom stereocenters. The first-order valence-electron chi connectivity index (χ1n) is 7.57. The summed E-state index contributed by atoms with van der Waals surface area (Å²) in [6, 6.07) is 5.75. The van der Waals surface area contributed by atoms with E-state index >= 15 is 0 Å². The minimum absolute atomic E-state index is 0.687. The van der Waals surface area contributed by atoms with Crippen molar-refractivity contribution >= 4 is 21.6 Å². The van der Waals surface area contributed by atoms with Crippen molar-refractivity contribution in [3.63, 3.8) is 0 Å². The number of anilines is 1. The van der Waals surface area contributed by atoms with Crippen LogP contribution < -0.4 is 10.5 Å². The van der Waals surface area contributed by atoms with Gasteiger partial charge in [0.25, 0.3) is 0 Å². The third-order valence-corrected chi connectivity index (χ3v) is 4.60. The molecule has 22 heavy (non-hydrogen) atoms. The van der Waals surface area contributed by atoms with Crippen molar-refractivity contribution < 1.29 is 4.74 Å². The summed E-state index contributed by atoms with van der Waals surface area (Å²) in [6.07, 6.45) is 4.39. The van der Waals surface area contributed by atoms with Crippen LogP contribution >= 0.6 is 15.9 Å². The Labute approximate surface area is 139 Å². The molecule has 1 aromatic heterocycles. The van der Waals surface area contributed by atoms with Crippen LogP contribution in [0.1, 0.15) is 12.8 Å². The van der Waals surface area contributed by atoms with E-state index in [1.165, 1.54) is 25.9 Å². The van der Waals surface area contributed by atoms with Crippen molar-refractivity contribution in [1.82, 2.24) is 14.7 Å². The number of rotatable bonds is 5. The largest absolute Gasteiger partial charge is 0.492 e. The van der Waals surface area contributed by atoms with Crippen LogP contribution in [0.25, 0.3) is 11.3 Å². The predicted molar refractivity (Wildman–Crippen MR) is 91.9 cm³/mol. The summed E-state index contributed by atoms with van der Waals surface area (Å²) >= 11 is 3.55. The molecule has 0 spiro atoms. The van der Waals surface area contributed by atoms with Crippen molar-refractivity contribution in [2.24, 2.45) is 7.05 Å². The van der Waals surface area contributed by atoms with E-state index in [0.29, 0.717) is 6.61 Å². The van der Waals surface area contributed by atoms with E-state index < -0.39 is 0 Å². The van der Waals surface area contributed by atoms with Gasteiger partial charge in [-0.3, -0.25) is 9.58 Å². The Balaban J connectivity index is 1.79. The number of nitrogens with zero attached hydrogens (tertiary/aromatic N) is 3. The fraction of sp³-hybridized carbons (Fsp3) is 0.438. The Kier molecular flexibility index (Phi) is 4.69. The van der Waals surface area contributed by atoms with E-state index in [1.807, 2.05) is 29.9 Å². The Bertz CT molecular complexity index is 630. The van der Waals surface area contributed by atoms with E-state index in [-0.39, 0.29) is 0 Å². The van der Waals surface area contributed by atoms with E-state index in [0.717, 1.165) is 33.7 Å². The number of hydrogen-bond acceptors (Lipinski definition) is 4. The summed E-state index contributed by atoms with van der Waals surface area (Å²) < 4.78 is 8.79. The summed E-state index contributed by atoms with van der Waals surface area (Å²) in [7, 11) is 1.91. The molecule has 2 N–H and O–H groups in total. The van der Waals surface area contributed by atoms with Crippen LogP contribution in [-0.4, -0.2) is 40.9 Å². The summed E-state index contributed by atoms with van der Waals surface area (Å²) in [5, 5.41) is 4.27. The van der Waals surface area contributed by atoms with Gasteiger partial charge in [0.15, 0.2) is 0 Å². The lowest BCUT2D eigenvalue weighted by atomic mass is 10.1. The van der Waals surface area contributed by atoms with Crippen molar-refractivity contribution in [2.45, 2.75) is 12.8 Å². The number of likely N-dealkylation sites (tertiary alicyclic amines) is 1. The number of nitrogen functional groups attached to an aromatic ring is 1. The van der Waals surface area contributed by atoms with Gasteiger partial charge in [0.1, 0.15) is 12.4 Å². The smallest absolute Gasteiger partial charge is 0.128 e. The molecule has 0 bridgehead atoms. The van der Waals surface area contributed by atoms with Crippen molar-refractivity contribution in [1.29, 1.82) is 0 Å². The Morgan fingerprint density at radius 3 is 2.77 bits per heavy atom. The second-order valence-electron chi connectivity index (χ2n) is 5.62. The predicted octanol–water partition coefficient (Wildman–Crippen LogP) is 2.91. The first-order valence-corrected chi connectivity index (χ1v) is 8.37. The van der Waals surface area contributed by atoms with Gasteiger partial charge >= 0.3 is 0 Å². The quantitative estimate of drug-likeness (QED) is 0.828. The van der Waals surface area contributed by atoms with Gasteiger partial charge in [-0.1, -0.05) is 0 Å². The second kappa shape index (κ2) is 6.71. The van der Waals surface area contributed by atoms with Gasteiger partial charge in [0.05, 0.1) is 16.4 Å². The number of ether oxygens (including phenoxy) is 1. The molecule has 1 aliphatic rings. The normalized spacial score (nSPS) is 15.4. The van der Waals surface area contributed by atoms with Crippen molar-refractivity contribution in [2.75, 3.05) is 32.0 Å². The topological polar surface area (TPSA) is 56.3 Å². The second-order valence-corrected chi connectivity index (χ2v) is 6.47. The van der Waals surface area contributed by atoms with E-state index in [2.05, 4.69) is 25.9 Å². The maximum Gasteiger partial charge on any atom is 0.128 e. The molecule has 118 valence electrons. The highest BCUT2D eigenvalue weighted by molar-refractivity contribution is 9.10. The molecule has 0 saturated carbocycles. The molecule has 1 aliphatic heterocycles. The van der Waals surface area contributed by atoms with Crippen LogP contribution in [0.3, 0.4) is 0 Å². The van der Waals surface area contributed by atoms with Crippen LogP contribution in [-0.2, 0) is 7.05 Å². The maximum absolute atomic E-state index is 6.03. The number of nitrogens with two attached hydrogens (primary N) is 1. The van der Waals surface area contributed by atoms with Crippen molar-refractivity contribution in [3.05, 3.63) is 28.9 Å². The first-order chi connectivity index (χ1) is 10.6. The molecular formula is C16H21BrN4O. The SMILES string of the molecule is Cn1ncc(Br)c1-c1cc(N)ccc1OCCN1CCCC1. The zero-order valence-corrected chi connectivity index (χ0v) is 14.3. The molecule has 0 aliphatic carbocycles. The highest BCUT2D eigenvalue weighted by Gasteiger charge is 2.16. The van der Waals surface area contributed by atoms with Crippen LogP contribution in [0, 0.1) is 0 Å². The average molecular weight is 365 g/mol. The highest BCUT2D eigenvalue weighted by Crippen LogP contribution is 2.36. The molecule has 0 atom stereocenters. The zero-order valence-electron chi connectivity index (χ0n) is 12.8. The monoisotopic (exact) mass is 364 g/mol. The van der Waals surface area contributed by atoms with Crippen LogP contribution in [0.2, 0.25) is 0 Å². The zero-order chi connectivity index (χ0) is 15.5. The molecule has 0 amide bonds. The molecule has 1 fully saturated rings. The van der Waals surface area contributed by atoms with Gasteiger partial charge in [-0.2, -0.15) is 5.10 Å². The van der Waals surface area contributed by atoms with Gasteiger partial charge in [-0.15, -0.1) is 0 Å². The molecular weight excluding hydrogens is 344 g/mol. The fourth-order valence-corrected chi connectivity index (χ4v) is 3.42. The highest BCUT2D eigenvalue weighted by atomic mass is 79.9. The number of aryl methyl sites for hydroxylation is 1. The van der Waals surface area contributed by atoms with Gasteiger partial charge in [0, 0.05) is 24.8 Å². The first kappa shape index (κ1) is 15.4. The number of hydrogen-bond donors (Lipinski definition) is 1. The van der Waals surface area contributed by atoms with Crippen LogP contribution in [0.5, 0.6) is 5.75 Å². The summed E-state index contributed by atoms with van der Waals surface area (Å²) in [4.78, 5) is 2.44. The minimum atomic E-state index is 0.687. The molecule has 5 nitrogen and oxygen atoms in total. The molecule has 3 rings (SSSR count). The summed E-state index contributed by atoms with van der Waals surface area (Å²) in [5.41, 5.74) is 8.61. The number of benzene rings is 1. The van der Waals surface area contributed by atoms with Gasteiger partial charge < -0.3 is 10.5 Å². The van der Waals surface area contributed by atoms with E-state index in [9.17, 15) is 0 Å². The molecule has 2 aromatic rings. The molecule has 0 radical (unpaired) electrons. The molecule has 1 aromatic carbocycles. The summed E-state index contributed by atoms with van der Waals surface area (Å²) in [5.74, 6) is 0.845. The lowest BCUT2D eigenvalue weighted by Crippen LogP contribution is -2.25. The van der Waals surface area contributed by atoms with Crippen molar-refractivity contribution in [3.8, 4) is 17.0 Å². The minimum Gasteiger partial charge on any atom is -0.492 e. The number of aromatic nitrogens is 2. The van der Waals surface area contributed by atoms with Gasteiger partial charge in [-0.25, -0.2) is 0 Å². The Morgan fingerprint density at radius 1 is 1.32 bits per heavy atom. The third-order valence-electron chi connectivity index (χ3n) is 4.02. The van der Waals surface area contributed by atoms with Crippen LogP contribution in [0.4, 0.5) is 5.69 Å². The lowest BCUT2D eigenvalue weighted by molar-refractivity contribution is 0.238. The standard InChI is InChI=1S/C16H21BrN4O/c1-20-16(14(17)11-19-20)13-10-12(18)4-5-15(13)22-9-8-21-6-2-3-7-21/h4-5,10-11H,2-3,6-9,18H2,1H3. The average Bonchev–Trinajstić information content (AvgIpc) is 3.11. The van der Waals surface area contributed by atoms with Gasteiger partial charge in [-0.05, 0) is 60.1 Å². The van der Waals surface area contributed by atoms with Gasteiger partial charge in [0.2, 0.25) is 0 Å². The lowest BCUT2D eigenvalue weighted by Gasteiger charge is -2.17. The van der Waals surface area contributed by atoms with Crippen LogP contribution in [0.15, 0.2) is 28.9 Å². The third kappa shape index (κ3) is 3.28. The van der Waals surface area contributed by atoms with E-state index in [1.54, 1.807) is 6.20 Å². The molecule has 1 saturated heterocycles.